The number of hydrogen-bond acceptors (Lipinski definition) is 6. The average Bonchev–Trinajstić information content (AvgIpc) is 2.61. The molecular formula is C18H14ClFN2O5S. The quantitative estimate of drug-likeness (QED) is 0.597. The minimum atomic E-state index is -3.83. The summed E-state index contributed by atoms with van der Waals surface area (Å²) >= 11 is 5.78. The van der Waals surface area contributed by atoms with Crippen molar-refractivity contribution in [1.82, 2.24) is 9.78 Å². The molecule has 3 aromatic rings. The van der Waals surface area contributed by atoms with Gasteiger partial charge in [0.2, 0.25) is 11.1 Å². The molecule has 0 unspecified atom stereocenters. The molecule has 0 aliphatic heterocycles. The molecule has 1 heterocycles. The maximum Gasteiger partial charge on any atom is 0.362 e. The third kappa shape index (κ3) is 3.50. The van der Waals surface area contributed by atoms with E-state index in [0.29, 0.717) is 0 Å². The van der Waals surface area contributed by atoms with Crippen LogP contribution in [0.15, 0.2) is 46.1 Å². The maximum absolute atomic E-state index is 14.5. The second-order valence-electron chi connectivity index (χ2n) is 5.83. The van der Waals surface area contributed by atoms with Crippen LogP contribution in [0.25, 0.3) is 16.6 Å². The SMILES string of the molecule is CCOC(=O)c1nn(-c2ccc(Cl)cc2F)c2cccc(S(C)(=O)=O)c2c1=O. The Morgan fingerprint density at radius 2 is 2.00 bits per heavy atom. The van der Waals surface area contributed by atoms with E-state index in [-0.39, 0.29) is 33.1 Å². The van der Waals surface area contributed by atoms with Crippen LogP contribution < -0.4 is 5.43 Å². The first-order chi connectivity index (χ1) is 13.1. The number of halogens is 2. The number of hydrogen-bond donors (Lipinski definition) is 0. The summed E-state index contributed by atoms with van der Waals surface area (Å²) in [5.74, 6) is -1.81. The molecule has 0 spiro atoms. The summed E-state index contributed by atoms with van der Waals surface area (Å²) in [6, 6.07) is 7.77. The number of sulfone groups is 1. The normalized spacial score (nSPS) is 11.6. The zero-order chi connectivity index (χ0) is 20.6. The lowest BCUT2D eigenvalue weighted by Gasteiger charge is -2.14. The minimum absolute atomic E-state index is 0.0159. The Labute approximate surface area is 164 Å². The highest BCUT2D eigenvalue weighted by molar-refractivity contribution is 7.91. The molecule has 0 saturated carbocycles. The third-order valence-corrected chi connectivity index (χ3v) is 5.25. The molecule has 0 aliphatic rings. The lowest BCUT2D eigenvalue weighted by atomic mass is 10.2. The number of aromatic nitrogens is 2. The Bertz CT molecular complexity index is 1270. The Balaban J connectivity index is 2.52. The van der Waals surface area contributed by atoms with Gasteiger partial charge < -0.3 is 4.74 Å². The van der Waals surface area contributed by atoms with Gasteiger partial charge in [-0.05, 0) is 37.3 Å². The van der Waals surface area contributed by atoms with E-state index in [4.69, 9.17) is 16.3 Å². The van der Waals surface area contributed by atoms with Crippen LogP contribution in [0.5, 0.6) is 0 Å². The number of esters is 1. The third-order valence-electron chi connectivity index (χ3n) is 3.88. The van der Waals surface area contributed by atoms with Crippen molar-refractivity contribution in [3.63, 3.8) is 0 Å². The van der Waals surface area contributed by atoms with Gasteiger partial charge in [-0.1, -0.05) is 17.7 Å². The number of carbonyl (C=O) groups excluding carboxylic acids is 1. The van der Waals surface area contributed by atoms with E-state index in [0.717, 1.165) is 17.0 Å². The van der Waals surface area contributed by atoms with Gasteiger partial charge in [0, 0.05) is 11.3 Å². The van der Waals surface area contributed by atoms with Gasteiger partial charge in [0.05, 0.1) is 22.4 Å². The van der Waals surface area contributed by atoms with E-state index in [1.165, 1.54) is 37.3 Å². The smallest absolute Gasteiger partial charge is 0.362 e. The first-order valence-electron chi connectivity index (χ1n) is 8.03. The van der Waals surface area contributed by atoms with E-state index in [1.54, 1.807) is 0 Å². The number of nitrogens with zero attached hydrogens (tertiary/aromatic N) is 2. The van der Waals surface area contributed by atoms with Crippen LogP contribution in [0.1, 0.15) is 17.4 Å². The van der Waals surface area contributed by atoms with Gasteiger partial charge in [-0.15, -0.1) is 0 Å². The summed E-state index contributed by atoms with van der Waals surface area (Å²) in [7, 11) is -3.83. The molecule has 0 amide bonds. The Morgan fingerprint density at radius 1 is 1.29 bits per heavy atom. The highest BCUT2D eigenvalue weighted by Gasteiger charge is 2.24. The summed E-state index contributed by atoms with van der Waals surface area (Å²) in [4.78, 5) is 24.8. The number of rotatable bonds is 4. The van der Waals surface area contributed by atoms with Gasteiger partial charge >= 0.3 is 5.97 Å². The number of fused-ring (bicyclic) bond motifs is 1. The second-order valence-corrected chi connectivity index (χ2v) is 8.25. The van der Waals surface area contributed by atoms with E-state index in [9.17, 15) is 22.4 Å². The number of benzene rings is 2. The van der Waals surface area contributed by atoms with Crippen molar-refractivity contribution in [1.29, 1.82) is 0 Å². The summed E-state index contributed by atoms with van der Waals surface area (Å²) in [6.07, 6.45) is 0.929. The predicted molar refractivity (Wildman–Crippen MR) is 101 cm³/mol. The van der Waals surface area contributed by atoms with Crippen LogP contribution >= 0.6 is 11.6 Å². The van der Waals surface area contributed by atoms with Crippen LogP contribution in [-0.2, 0) is 14.6 Å². The fourth-order valence-corrected chi connectivity index (χ4v) is 3.77. The van der Waals surface area contributed by atoms with Crippen molar-refractivity contribution in [2.45, 2.75) is 11.8 Å². The van der Waals surface area contributed by atoms with E-state index >= 15 is 0 Å². The van der Waals surface area contributed by atoms with E-state index in [1.807, 2.05) is 0 Å². The molecular weight excluding hydrogens is 411 g/mol. The standard InChI is InChI=1S/C18H14ClFN2O5S/c1-3-27-18(24)16-17(23)15-13(5-4-6-14(15)28(2,25)26)22(21-16)12-8-7-10(19)9-11(12)20/h4-9H,3H2,1-2H3. The molecule has 28 heavy (non-hydrogen) atoms. The van der Waals surface area contributed by atoms with Crippen molar-refractivity contribution >= 4 is 38.3 Å². The van der Waals surface area contributed by atoms with E-state index < -0.39 is 32.7 Å². The predicted octanol–water partition coefficient (Wildman–Crippen LogP) is 2.76. The summed E-state index contributed by atoms with van der Waals surface area (Å²) in [5.41, 5.74) is -1.67. The Kier molecular flexibility index (Phi) is 5.22. The largest absolute Gasteiger partial charge is 0.461 e. The molecule has 0 fully saturated rings. The van der Waals surface area contributed by atoms with Crippen molar-refractivity contribution in [2.75, 3.05) is 12.9 Å². The van der Waals surface area contributed by atoms with Crippen LogP contribution in [0, 0.1) is 5.82 Å². The van der Waals surface area contributed by atoms with Gasteiger partial charge in [0.1, 0.15) is 11.5 Å². The lowest BCUT2D eigenvalue weighted by Crippen LogP contribution is -2.25. The topological polar surface area (TPSA) is 95.3 Å². The summed E-state index contributed by atoms with van der Waals surface area (Å²) in [5, 5.41) is 3.81. The van der Waals surface area contributed by atoms with Gasteiger partial charge in [0.15, 0.2) is 9.84 Å². The molecule has 10 heteroatoms. The number of ether oxygens (including phenoxy) is 1. The Morgan fingerprint density at radius 3 is 2.61 bits per heavy atom. The van der Waals surface area contributed by atoms with Crippen molar-refractivity contribution in [3.05, 3.63) is 63.2 Å². The molecule has 0 saturated heterocycles. The molecule has 0 N–H and O–H groups in total. The minimum Gasteiger partial charge on any atom is -0.461 e. The monoisotopic (exact) mass is 424 g/mol. The maximum atomic E-state index is 14.5. The van der Waals surface area contributed by atoms with Crippen LogP contribution in [-0.4, -0.2) is 37.0 Å². The summed E-state index contributed by atoms with van der Waals surface area (Å²) in [6.45, 7) is 1.51. The van der Waals surface area contributed by atoms with Crippen molar-refractivity contribution < 1.29 is 22.3 Å². The molecule has 2 aromatic carbocycles. The van der Waals surface area contributed by atoms with Crippen LogP contribution in [0.2, 0.25) is 5.02 Å². The van der Waals surface area contributed by atoms with Crippen molar-refractivity contribution in [2.24, 2.45) is 0 Å². The zero-order valence-electron chi connectivity index (χ0n) is 14.8. The van der Waals surface area contributed by atoms with Crippen LogP contribution in [0.3, 0.4) is 0 Å². The molecule has 0 radical (unpaired) electrons. The first kappa shape index (κ1) is 20.0. The highest BCUT2D eigenvalue weighted by atomic mass is 35.5. The molecule has 1 aromatic heterocycles. The average molecular weight is 425 g/mol. The molecule has 0 bridgehead atoms. The lowest BCUT2D eigenvalue weighted by molar-refractivity contribution is 0.0516. The second kappa shape index (κ2) is 7.33. The fourth-order valence-electron chi connectivity index (χ4n) is 2.72. The van der Waals surface area contributed by atoms with E-state index in [2.05, 4.69) is 5.10 Å². The van der Waals surface area contributed by atoms with Crippen LogP contribution in [0.4, 0.5) is 4.39 Å². The molecule has 7 nitrogen and oxygen atoms in total. The Hall–Kier alpha value is -2.78. The molecule has 0 atom stereocenters. The van der Waals surface area contributed by atoms with Gasteiger partial charge in [-0.2, -0.15) is 5.10 Å². The zero-order valence-corrected chi connectivity index (χ0v) is 16.3. The van der Waals surface area contributed by atoms with Gasteiger partial charge in [-0.3, -0.25) is 4.79 Å². The number of carbonyl (C=O) groups is 1. The molecule has 0 aliphatic carbocycles. The van der Waals surface area contributed by atoms with Gasteiger partial charge in [0.25, 0.3) is 0 Å². The summed E-state index contributed by atoms with van der Waals surface area (Å²) < 4.78 is 44.7. The highest BCUT2D eigenvalue weighted by Crippen LogP contribution is 2.25. The van der Waals surface area contributed by atoms with Gasteiger partial charge in [-0.25, -0.2) is 22.3 Å². The molecule has 146 valence electrons. The first-order valence-corrected chi connectivity index (χ1v) is 10.3. The van der Waals surface area contributed by atoms with Crippen molar-refractivity contribution in [3.8, 4) is 5.69 Å². The fraction of sp³-hybridized carbons (Fsp3) is 0.167. The molecule has 3 rings (SSSR count).